The molecule has 0 aromatic carbocycles. The second-order valence-electron chi connectivity index (χ2n) is 4.50. The number of carbonyl (C=O) groups is 1. The maximum absolute atomic E-state index is 11.9. The second kappa shape index (κ2) is 6.16. The van der Waals surface area contributed by atoms with Crippen LogP contribution in [0.5, 0.6) is 0 Å². The van der Waals surface area contributed by atoms with Crippen LogP contribution in [0.1, 0.15) is 35.3 Å². The average molecular weight is 269 g/mol. The number of amides is 1. The fraction of sp³-hybridized carbons (Fsp3) is 0.538. The smallest absolute Gasteiger partial charge is 0.254 e. The number of aromatic nitrogens is 1. The molecular formula is C13H17ClN2O2. The minimum Gasteiger partial charge on any atom is -0.376 e. The van der Waals surface area contributed by atoms with Crippen molar-refractivity contribution in [1.29, 1.82) is 0 Å². The van der Waals surface area contributed by atoms with Crippen LogP contribution in [0.25, 0.3) is 0 Å². The molecule has 4 nitrogen and oxygen atoms in total. The second-order valence-corrected chi connectivity index (χ2v) is 4.91. The topological polar surface area (TPSA) is 51.2 Å². The van der Waals surface area contributed by atoms with Gasteiger partial charge in [-0.2, -0.15) is 0 Å². The van der Waals surface area contributed by atoms with Crippen molar-refractivity contribution in [2.45, 2.75) is 32.3 Å². The van der Waals surface area contributed by atoms with Crippen LogP contribution in [-0.2, 0) is 4.74 Å². The molecule has 1 saturated heterocycles. The summed E-state index contributed by atoms with van der Waals surface area (Å²) in [6.45, 7) is 3.15. The maximum atomic E-state index is 11.9. The van der Waals surface area contributed by atoms with Gasteiger partial charge >= 0.3 is 0 Å². The molecule has 0 spiro atoms. The van der Waals surface area contributed by atoms with E-state index in [1.165, 1.54) is 6.20 Å². The summed E-state index contributed by atoms with van der Waals surface area (Å²) in [4.78, 5) is 16.0. The third-order valence-corrected chi connectivity index (χ3v) is 3.31. The lowest BCUT2D eigenvalue weighted by Crippen LogP contribution is -2.35. The zero-order valence-electron chi connectivity index (χ0n) is 10.4. The number of nitrogens with zero attached hydrogens (tertiary/aromatic N) is 1. The van der Waals surface area contributed by atoms with E-state index in [1.54, 1.807) is 6.07 Å². The molecule has 98 valence electrons. The summed E-state index contributed by atoms with van der Waals surface area (Å²) >= 11 is 6.01. The summed E-state index contributed by atoms with van der Waals surface area (Å²) in [7, 11) is 0. The molecule has 1 unspecified atom stereocenters. The van der Waals surface area contributed by atoms with Crippen molar-refractivity contribution >= 4 is 17.5 Å². The van der Waals surface area contributed by atoms with E-state index in [1.807, 2.05) is 6.92 Å². The fourth-order valence-corrected chi connectivity index (χ4v) is 2.26. The van der Waals surface area contributed by atoms with E-state index in [-0.39, 0.29) is 12.0 Å². The highest BCUT2D eigenvalue weighted by Gasteiger charge is 2.16. The summed E-state index contributed by atoms with van der Waals surface area (Å²) in [5, 5.41) is 3.28. The quantitative estimate of drug-likeness (QED) is 0.915. The van der Waals surface area contributed by atoms with Gasteiger partial charge in [-0.05, 0) is 32.3 Å². The number of hydrogen-bond donors (Lipinski definition) is 1. The van der Waals surface area contributed by atoms with Gasteiger partial charge in [0.1, 0.15) is 0 Å². The number of pyridine rings is 1. The molecule has 1 aromatic rings. The lowest BCUT2D eigenvalue weighted by Gasteiger charge is -2.22. The normalized spacial score (nSPS) is 19.6. The molecule has 0 aliphatic carbocycles. The van der Waals surface area contributed by atoms with Gasteiger partial charge in [0, 0.05) is 25.0 Å². The van der Waals surface area contributed by atoms with E-state index in [2.05, 4.69) is 10.3 Å². The maximum Gasteiger partial charge on any atom is 0.254 e. The van der Waals surface area contributed by atoms with Crippen LogP contribution in [0.15, 0.2) is 12.3 Å². The first kappa shape index (κ1) is 13.3. The van der Waals surface area contributed by atoms with Crippen molar-refractivity contribution in [3.05, 3.63) is 28.5 Å². The van der Waals surface area contributed by atoms with E-state index in [0.29, 0.717) is 17.1 Å². The van der Waals surface area contributed by atoms with Crippen LogP contribution < -0.4 is 5.32 Å². The number of nitrogens with one attached hydrogen (secondary N) is 1. The van der Waals surface area contributed by atoms with Gasteiger partial charge in [0.2, 0.25) is 0 Å². The Balaban J connectivity index is 1.90. The number of rotatable bonds is 3. The van der Waals surface area contributed by atoms with Gasteiger partial charge in [-0.25, -0.2) is 0 Å². The molecule has 2 rings (SSSR count). The van der Waals surface area contributed by atoms with Crippen LogP contribution in [0.3, 0.4) is 0 Å². The molecular weight excluding hydrogens is 252 g/mol. The number of halogens is 1. The first-order valence-corrected chi connectivity index (χ1v) is 6.56. The molecule has 1 aliphatic rings. The van der Waals surface area contributed by atoms with Crippen molar-refractivity contribution in [1.82, 2.24) is 10.3 Å². The fourth-order valence-electron chi connectivity index (χ4n) is 1.96. The minimum atomic E-state index is -0.193. The first-order chi connectivity index (χ1) is 8.66. The van der Waals surface area contributed by atoms with Gasteiger partial charge in [0.25, 0.3) is 5.91 Å². The number of hydrogen-bond acceptors (Lipinski definition) is 3. The first-order valence-electron chi connectivity index (χ1n) is 6.19. The largest absolute Gasteiger partial charge is 0.376 e. The Kier molecular flexibility index (Phi) is 4.55. The summed E-state index contributed by atoms with van der Waals surface area (Å²) in [5.41, 5.74) is 1.21. The SMILES string of the molecule is Cc1cc(Cl)c(C(=O)NCC2CCCCO2)cn1. The molecule has 1 fully saturated rings. The molecule has 18 heavy (non-hydrogen) atoms. The molecule has 1 aromatic heterocycles. The van der Waals surface area contributed by atoms with E-state index >= 15 is 0 Å². The van der Waals surface area contributed by atoms with Crippen LogP contribution >= 0.6 is 11.6 Å². The summed E-state index contributed by atoms with van der Waals surface area (Å²) in [6, 6.07) is 1.69. The summed E-state index contributed by atoms with van der Waals surface area (Å²) in [6.07, 6.45) is 4.90. The predicted molar refractivity (Wildman–Crippen MR) is 69.9 cm³/mol. The Labute approximate surface area is 112 Å². The van der Waals surface area contributed by atoms with Crippen LogP contribution in [0.4, 0.5) is 0 Å². The van der Waals surface area contributed by atoms with Crippen molar-refractivity contribution < 1.29 is 9.53 Å². The van der Waals surface area contributed by atoms with Gasteiger partial charge in [-0.1, -0.05) is 11.6 Å². The van der Waals surface area contributed by atoms with Gasteiger partial charge in [0.05, 0.1) is 16.7 Å². The highest BCUT2D eigenvalue weighted by atomic mass is 35.5. The zero-order valence-corrected chi connectivity index (χ0v) is 11.2. The van der Waals surface area contributed by atoms with Crippen molar-refractivity contribution in [2.24, 2.45) is 0 Å². The van der Waals surface area contributed by atoms with Crippen LogP contribution in [-0.4, -0.2) is 30.1 Å². The Morgan fingerprint density at radius 3 is 3.11 bits per heavy atom. The lowest BCUT2D eigenvalue weighted by atomic mass is 10.1. The number of ether oxygens (including phenoxy) is 1. The third-order valence-electron chi connectivity index (χ3n) is 3.00. The molecule has 2 heterocycles. The lowest BCUT2D eigenvalue weighted by molar-refractivity contribution is 0.0169. The average Bonchev–Trinajstić information content (AvgIpc) is 2.37. The van der Waals surface area contributed by atoms with Gasteiger partial charge in [-0.3, -0.25) is 9.78 Å². The minimum absolute atomic E-state index is 0.125. The number of carbonyl (C=O) groups excluding carboxylic acids is 1. The Morgan fingerprint density at radius 2 is 2.44 bits per heavy atom. The number of aryl methyl sites for hydroxylation is 1. The van der Waals surface area contributed by atoms with E-state index in [0.717, 1.165) is 31.6 Å². The molecule has 1 amide bonds. The van der Waals surface area contributed by atoms with Crippen molar-refractivity contribution in [2.75, 3.05) is 13.2 Å². The Morgan fingerprint density at radius 1 is 1.61 bits per heavy atom. The summed E-state index contributed by atoms with van der Waals surface area (Å²) in [5.74, 6) is -0.193. The highest BCUT2D eigenvalue weighted by Crippen LogP contribution is 2.16. The standard InChI is InChI=1S/C13H17ClN2O2/c1-9-6-12(14)11(8-15-9)13(17)16-7-10-4-2-3-5-18-10/h6,8,10H,2-5,7H2,1H3,(H,16,17). The third kappa shape index (κ3) is 3.43. The predicted octanol–water partition coefficient (Wildman–Crippen LogP) is 2.34. The molecule has 1 aliphatic heterocycles. The van der Waals surface area contributed by atoms with Gasteiger partial charge in [0.15, 0.2) is 0 Å². The van der Waals surface area contributed by atoms with Gasteiger partial charge in [-0.15, -0.1) is 0 Å². The van der Waals surface area contributed by atoms with Crippen LogP contribution in [0, 0.1) is 6.92 Å². The van der Waals surface area contributed by atoms with Crippen molar-refractivity contribution in [3.63, 3.8) is 0 Å². The molecule has 0 bridgehead atoms. The van der Waals surface area contributed by atoms with E-state index < -0.39 is 0 Å². The Bertz CT molecular complexity index is 431. The highest BCUT2D eigenvalue weighted by molar-refractivity contribution is 6.33. The molecule has 0 saturated carbocycles. The Hall–Kier alpha value is -1.13. The molecule has 1 N–H and O–H groups in total. The van der Waals surface area contributed by atoms with E-state index in [4.69, 9.17) is 16.3 Å². The van der Waals surface area contributed by atoms with Crippen molar-refractivity contribution in [3.8, 4) is 0 Å². The monoisotopic (exact) mass is 268 g/mol. The molecule has 0 radical (unpaired) electrons. The summed E-state index contributed by atoms with van der Waals surface area (Å²) < 4.78 is 5.55. The molecule has 1 atom stereocenters. The van der Waals surface area contributed by atoms with Crippen LogP contribution in [0.2, 0.25) is 5.02 Å². The molecule has 5 heteroatoms. The van der Waals surface area contributed by atoms with Gasteiger partial charge < -0.3 is 10.1 Å². The zero-order chi connectivity index (χ0) is 13.0. The van der Waals surface area contributed by atoms with E-state index in [9.17, 15) is 4.79 Å².